The minimum atomic E-state index is -0.419. The van der Waals surface area contributed by atoms with Crippen LogP contribution >= 0.6 is 0 Å². The lowest BCUT2D eigenvalue weighted by molar-refractivity contribution is -0.133. The highest BCUT2D eigenvalue weighted by atomic mass is 16.5. The number of hydrogen-bond acceptors (Lipinski definition) is 8. The number of hydrogen-bond donors (Lipinski definition) is 2. The molecule has 0 fully saturated rings. The second-order valence-electron chi connectivity index (χ2n) is 8.18. The first-order valence-corrected chi connectivity index (χ1v) is 11.3. The quantitative estimate of drug-likeness (QED) is 0.376. The van der Waals surface area contributed by atoms with E-state index in [9.17, 15) is 4.79 Å². The molecule has 0 bridgehead atoms. The molecule has 0 aliphatic carbocycles. The highest BCUT2D eigenvalue weighted by Gasteiger charge is 2.20. The Morgan fingerprint density at radius 1 is 1.12 bits per heavy atom. The second kappa shape index (κ2) is 11.8. The van der Waals surface area contributed by atoms with Crippen molar-refractivity contribution in [1.82, 2.24) is 24.9 Å². The lowest BCUT2D eigenvalue weighted by Crippen LogP contribution is -2.39. The van der Waals surface area contributed by atoms with E-state index < -0.39 is 6.10 Å². The lowest BCUT2D eigenvalue weighted by Gasteiger charge is -2.18. The van der Waals surface area contributed by atoms with Crippen LogP contribution in [0.25, 0.3) is 16.7 Å². The fourth-order valence-electron chi connectivity index (χ4n) is 3.66. The zero-order valence-electron chi connectivity index (χ0n) is 20.1. The van der Waals surface area contributed by atoms with Crippen molar-refractivity contribution in [3.05, 3.63) is 24.0 Å². The Hall–Kier alpha value is -2.98. The van der Waals surface area contributed by atoms with E-state index in [-0.39, 0.29) is 11.8 Å². The first-order valence-electron chi connectivity index (χ1n) is 11.3. The molecule has 10 heteroatoms. The number of anilines is 1. The van der Waals surface area contributed by atoms with E-state index in [0.717, 1.165) is 35.4 Å². The average molecular weight is 459 g/mol. The van der Waals surface area contributed by atoms with Crippen LogP contribution in [-0.4, -0.2) is 72.1 Å². The van der Waals surface area contributed by atoms with E-state index in [2.05, 4.69) is 20.8 Å². The zero-order valence-corrected chi connectivity index (χ0v) is 20.1. The molecule has 0 radical (unpaired) electrons. The average Bonchev–Trinajstić information content (AvgIpc) is 3.18. The molecule has 1 amide bonds. The summed E-state index contributed by atoms with van der Waals surface area (Å²) >= 11 is 0. The molecule has 0 saturated heterocycles. The number of amides is 1. The number of nitrogens with zero attached hydrogens (tertiary/aromatic N) is 4. The maximum atomic E-state index is 12.2. The number of fused-ring (bicyclic) bond motifs is 3. The van der Waals surface area contributed by atoms with E-state index in [1.807, 2.05) is 43.4 Å². The van der Waals surface area contributed by atoms with Crippen molar-refractivity contribution < 1.29 is 19.0 Å². The molecule has 2 N–H and O–H groups in total. The van der Waals surface area contributed by atoms with Gasteiger partial charge in [-0.3, -0.25) is 9.20 Å². The third-order valence-electron chi connectivity index (χ3n) is 5.33. The van der Waals surface area contributed by atoms with Crippen molar-refractivity contribution in [1.29, 1.82) is 0 Å². The Bertz CT molecular complexity index is 1070. The molecule has 0 aliphatic rings. The Balaban J connectivity index is 1.62. The van der Waals surface area contributed by atoms with Gasteiger partial charge in [0.05, 0.1) is 17.6 Å². The van der Waals surface area contributed by atoms with E-state index >= 15 is 0 Å². The van der Waals surface area contributed by atoms with Gasteiger partial charge in [0.2, 0.25) is 11.6 Å². The summed E-state index contributed by atoms with van der Waals surface area (Å²) in [6.45, 7) is 8.13. The third kappa shape index (κ3) is 6.08. The highest BCUT2D eigenvalue weighted by Crippen LogP contribution is 2.25. The molecule has 3 rings (SSSR count). The van der Waals surface area contributed by atoms with E-state index in [4.69, 9.17) is 19.2 Å². The van der Waals surface area contributed by atoms with Crippen molar-refractivity contribution in [3.63, 3.8) is 0 Å². The van der Waals surface area contributed by atoms with Crippen LogP contribution in [0.5, 0.6) is 5.75 Å². The van der Waals surface area contributed by atoms with Crippen LogP contribution in [0.3, 0.4) is 0 Å². The van der Waals surface area contributed by atoms with Crippen molar-refractivity contribution in [2.75, 3.05) is 45.8 Å². The number of carbonyl (C=O) groups excluding carboxylic acids is 1. The second-order valence-corrected chi connectivity index (χ2v) is 8.18. The number of unbranched alkanes of at least 4 members (excludes halogenated alkanes) is 1. The molecule has 10 nitrogen and oxygen atoms in total. The summed E-state index contributed by atoms with van der Waals surface area (Å²) in [7, 11) is 3.21. The molecular formula is C23H34N6O4. The monoisotopic (exact) mass is 458 g/mol. The molecule has 1 aromatic carbocycles. The minimum Gasteiger partial charge on any atom is -0.491 e. The number of rotatable bonds is 13. The smallest absolute Gasteiger partial charge is 0.249 e. The standard InChI is InChI=1S/C23H34N6O4/c1-15(2)20(32-5)23(30)25-11-7-6-10-24-21-22-28-27-16(3)29(22)19-9-8-17(14-18(19)26-21)33-13-12-31-4/h8-9,14-15,20H,6-7,10-13H2,1-5H3,(H,24,26)(H,25,30)/t20-/m1/s1. The van der Waals surface area contributed by atoms with Crippen LogP contribution in [0.15, 0.2) is 18.2 Å². The maximum Gasteiger partial charge on any atom is 0.249 e. The van der Waals surface area contributed by atoms with Gasteiger partial charge in [-0.1, -0.05) is 13.8 Å². The number of benzene rings is 1. The largest absolute Gasteiger partial charge is 0.491 e. The summed E-state index contributed by atoms with van der Waals surface area (Å²) in [4.78, 5) is 16.9. The van der Waals surface area contributed by atoms with Gasteiger partial charge in [0, 0.05) is 33.4 Å². The summed E-state index contributed by atoms with van der Waals surface area (Å²) in [6, 6.07) is 5.78. The third-order valence-corrected chi connectivity index (χ3v) is 5.33. The van der Waals surface area contributed by atoms with E-state index in [1.165, 1.54) is 0 Å². The normalized spacial score (nSPS) is 12.4. The molecule has 180 valence electrons. The van der Waals surface area contributed by atoms with Gasteiger partial charge < -0.3 is 24.8 Å². The molecule has 0 saturated carbocycles. The number of aromatic nitrogens is 4. The number of nitrogens with one attached hydrogen (secondary N) is 2. The summed E-state index contributed by atoms with van der Waals surface area (Å²) in [5.41, 5.74) is 2.38. The molecule has 2 aromatic heterocycles. The lowest BCUT2D eigenvalue weighted by atomic mass is 10.1. The predicted molar refractivity (Wildman–Crippen MR) is 127 cm³/mol. The van der Waals surface area contributed by atoms with Gasteiger partial charge in [-0.15, -0.1) is 10.2 Å². The van der Waals surface area contributed by atoms with Gasteiger partial charge >= 0.3 is 0 Å². The molecule has 2 heterocycles. The van der Waals surface area contributed by atoms with Gasteiger partial charge in [-0.05, 0) is 37.8 Å². The van der Waals surface area contributed by atoms with E-state index in [1.54, 1.807) is 14.2 Å². The maximum absolute atomic E-state index is 12.2. The van der Waals surface area contributed by atoms with Crippen LogP contribution in [0.4, 0.5) is 5.82 Å². The van der Waals surface area contributed by atoms with Crippen LogP contribution in [0.1, 0.15) is 32.5 Å². The van der Waals surface area contributed by atoms with Gasteiger partial charge in [0.15, 0.2) is 5.82 Å². The molecule has 33 heavy (non-hydrogen) atoms. The Kier molecular flexibility index (Phi) is 8.79. The zero-order chi connectivity index (χ0) is 23.8. The predicted octanol–water partition coefficient (Wildman–Crippen LogP) is 2.59. The van der Waals surface area contributed by atoms with Crippen molar-refractivity contribution in [3.8, 4) is 5.75 Å². The van der Waals surface area contributed by atoms with Gasteiger partial charge in [-0.25, -0.2) is 4.98 Å². The van der Waals surface area contributed by atoms with Crippen LogP contribution in [0.2, 0.25) is 0 Å². The van der Waals surface area contributed by atoms with Crippen LogP contribution in [-0.2, 0) is 14.3 Å². The first kappa shape index (κ1) is 24.7. The Labute approximate surface area is 194 Å². The number of methoxy groups -OCH3 is 2. The summed E-state index contributed by atoms with van der Waals surface area (Å²) in [5.74, 6) is 2.25. The Morgan fingerprint density at radius 2 is 1.91 bits per heavy atom. The molecule has 0 aliphatic heterocycles. The number of carbonyl (C=O) groups is 1. The van der Waals surface area contributed by atoms with Crippen LogP contribution < -0.4 is 15.4 Å². The van der Waals surface area contributed by atoms with Gasteiger partial charge in [0.25, 0.3) is 0 Å². The molecular weight excluding hydrogens is 424 g/mol. The van der Waals surface area contributed by atoms with Gasteiger partial charge in [0.1, 0.15) is 24.3 Å². The fraction of sp³-hybridized carbons (Fsp3) is 0.565. The fourth-order valence-corrected chi connectivity index (χ4v) is 3.66. The SMILES string of the molecule is COCCOc1ccc2c(c1)nc(NCCCCNC(=O)[C@H](OC)C(C)C)c1nnc(C)n12. The van der Waals surface area contributed by atoms with Crippen molar-refractivity contribution in [2.24, 2.45) is 5.92 Å². The molecule has 1 atom stereocenters. The minimum absolute atomic E-state index is 0.0687. The van der Waals surface area contributed by atoms with Crippen LogP contribution in [0, 0.1) is 12.8 Å². The van der Waals surface area contributed by atoms with Crippen molar-refractivity contribution in [2.45, 2.75) is 39.7 Å². The first-order chi connectivity index (χ1) is 16.0. The summed E-state index contributed by atoms with van der Waals surface area (Å²) in [5, 5.41) is 14.8. The Morgan fingerprint density at radius 3 is 2.64 bits per heavy atom. The molecule has 0 spiro atoms. The molecule has 0 unspecified atom stereocenters. The number of aryl methyl sites for hydroxylation is 1. The van der Waals surface area contributed by atoms with E-state index in [0.29, 0.717) is 37.8 Å². The van der Waals surface area contributed by atoms with Gasteiger partial charge in [-0.2, -0.15) is 0 Å². The summed E-state index contributed by atoms with van der Waals surface area (Å²) < 4.78 is 18.0. The topological polar surface area (TPSA) is 112 Å². The summed E-state index contributed by atoms with van der Waals surface area (Å²) in [6.07, 6.45) is 1.27. The molecule has 3 aromatic rings. The highest BCUT2D eigenvalue weighted by molar-refractivity contribution is 5.84. The van der Waals surface area contributed by atoms with Crippen molar-refractivity contribution >= 4 is 28.4 Å². The number of ether oxygens (including phenoxy) is 3.